The van der Waals surface area contributed by atoms with E-state index in [-0.39, 0.29) is 0 Å². The minimum absolute atomic E-state index is 0.675. The van der Waals surface area contributed by atoms with E-state index >= 15 is 0 Å². The fourth-order valence-electron chi connectivity index (χ4n) is 3.35. The van der Waals surface area contributed by atoms with Crippen molar-refractivity contribution in [2.45, 2.75) is 13.1 Å². The Balaban J connectivity index is 1.42. The Morgan fingerprint density at radius 3 is 2.71 bits per heavy atom. The maximum Gasteiger partial charge on any atom is 0.183 e. The van der Waals surface area contributed by atoms with Crippen LogP contribution in [0.15, 0.2) is 53.9 Å². The third-order valence-corrected chi connectivity index (χ3v) is 5.71. The zero-order chi connectivity index (χ0) is 19.2. The predicted molar refractivity (Wildman–Crippen MR) is 114 cm³/mol. The van der Waals surface area contributed by atoms with Gasteiger partial charge in [-0.15, -0.1) is 11.3 Å². The molecular weight excluding hydrogens is 370 g/mol. The van der Waals surface area contributed by atoms with Gasteiger partial charge in [-0.1, -0.05) is 36.4 Å². The van der Waals surface area contributed by atoms with Crippen molar-refractivity contribution in [3.63, 3.8) is 0 Å². The van der Waals surface area contributed by atoms with Crippen molar-refractivity contribution in [1.29, 1.82) is 0 Å². The molecule has 6 heteroatoms. The van der Waals surface area contributed by atoms with E-state index in [9.17, 15) is 0 Å². The SMILES string of the molecule is COc1ccc(-c2ccccc2)cc1CNc1nc(CN2CCOCC2)cs1. The number of hydrogen-bond acceptors (Lipinski definition) is 6. The highest BCUT2D eigenvalue weighted by molar-refractivity contribution is 7.13. The van der Waals surface area contributed by atoms with Crippen LogP contribution in [0.5, 0.6) is 5.75 Å². The predicted octanol–water partition coefficient (Wildman–Crippen LogP) is 4.26. The van der Waals surface area contributed by atoms with Crippen molar-refractivity contribution in [3.8, 4) is 16.9 Å². The fourth-order valence-corrected chi connectivity index (χ4v) is 4.05. The average molecular weight is 396 g/mol. The van der Waals surface area contributed by atoms with Gasteiger partial charge in [-0.2, -0.15) is 0 Å². The maximum atomic E-state index is 5.55. The lowest BCUT2D eigenvalue weighted by molar-refractivity contribution is 0.0337. The number of morpholine rings is 1. The molecule has 28 heavy (non-hydrogen) atoms. The fraction of sp³-hybridized carbons (Fsp3) is 0.318. The summed E-state index contributed by atoms with van der Waals surface area (Å²) in [6, 6.07) is 16.7. The highest BCUT2D eigenvalue weighted by Gasteiger charge is 2.13. The normalized spacial score (nSPS) is 14.8. The molecule has 0 atom stereocenters. The van der Waals surface area contributed by atoms with Gasteiger partial charge in [0, 0.05) is 37.1 Å². The maximum absolute atomic E-state index is 5.55. The van der Waals surface area contributed by atoms with Crippen LogP contribution in [0.25, 0.3) is 11.1 Å². The second kappa shape index (κ2) is 9.19. The first-order valence-corrected chi connectivity index (χ1v) is 10.4. The van der Waals surface area contributed by atoms with Gasteiger partial charge in [-0.05, 0) is 23.3 Å². The van der Waals surface area contributed by atoms with E-state index in [0.717, 1.165) is 55.0 Å². The van der Waals surface area contributed by atoms with Gasteiger partial charge in [0.25, 0.3) is 0 Å². The van der Waals surface area contributed by atoms with Crippen molar-refractivity contribution in [3.05, 3.63) is 65.2 Å². The highest BCUT2D eigenvalue weighted by Crippen LogP contribution is 2.28. The lowest BCUT2D eigenvalue weighted by atomic mass is 10.0. The van der Waals surface area contributed by atoms with Crippen molar-refractivity contribution in [2.24, 2.45) is 0 Å². The number of ether oxygens (including phenoxy) is 2. The molecule has 1 aliphatic rings. The minimum Gasteiger partial charge on any atom is -0.496 e. The van der Waals surface area contributed by atoms with Crippen LogP contribution in [0, 0.1) is 0 Å². The molecule has 0 saturated carbocycles. The summed E-state index contributed by atoms with van der Waals surface area (Å²) in [6.45, 7) is 5.13. The lowest BCUT2D eigenvalue weighted by Crippen LogP contribution is -2.35. The van der Waals surface area contributed by atoms with E-state index in [2.05, 4.69) is 52.0 Å². The van der Waals surface area contributed by atoms with Crippen LogP contribution >= 0.6 is 11.3 Å². The van der Waals surface area contributed by atoms with E-state index in [0.29, 0.717) is 6.54 Å². The molecule has 0 radical (unpaired) electrons. The van der Waals surface area contributed by atoms with Crippen LogP contribution < -0.4 is 10.1 Å². The van der Waals surface area contributed by atoms with Gasteiger partial charge in [0.2, 0.25) is 0 Å². The van der Waals surface area contributed by atoms with Crippen LogP contribution in [0.1, 0.15) is 11.3 Å². The summed E-state index contributed by atoms with van der Waals surface area (Å²) in [4.78, 5) is 7.12. The Bertz CT molecular complexity index is 892. The number of thiazole rings is 1. The van der Waals surface area contributed by atoms with Crippen LogP contribution in [0.3, 0.4) is 0 Å². The Kier molecular flexibility index (Phi) is 6.21. The molecule has 4 rings (SSSR count). The quantitative estimate of drug-likeness (QED) is 0.648. The van der Waals surface area contributed by atoms with Gasteiger partial charge in [0.1, 0.15) is 5.75 Å². The number of nitrogens with one attached hydrogen (secondary N) is 1. The highest BCUT2D eigenvalue weighted by atomic mass is 32.1. The zero-order valence-corrected chi connectivity index (χ0v) is 16.9. The molecule has 3 aromatic rings. The Morgan fingerprint density at radius 1 is 1.11 bits per heavy atom. The lowest BCUT2D eigenvalue weighted by Gasteiger charge is -2.25. The first-order valence-electron chi connectivity index (χ1n) is 9.52. The Morgan fingerprint density at radius 2 is 1.93 bits per heavy atom. The molecule has 1 fully saturated rings. The molecule has 0 spiro atoms. The number of rotatable bonds is 7. The van der Waals surface area contributed by atoms with Gasteiger partial charge in [-0.3, -0.25) is 4.90 Å². The van der Waals surface area contributed by atoms with Crippen molar-refractivity contribution >= 4 is 16.5 Å². The first-order chi connectivity index (χ1) is 13.8. The van der Waals surface area contributed by atoms with E-state index in [1.54, 1.807) is 18.4 Å². The van der Waals surface area contributed by atoms with Crippen LogP contribution in [-0.4, -0.2) is 43.3 Å². The molecule has 5 nitrogen and oxygen atoms in total. The summed E-state index contributed by atoms with van der Waals surface area (Å²) in [5.74, 6) is 0.886. The second-order valence-corrected chi connectivity index (χ2v) is 7.64. The van der Waals surface area contributed by atoms with Crippen LogP contribution in [-0.2, 0) is 17.8 Å². The minimum atomic E-state index is 0.675. The summed E-state index contributed by atoms with van der Waals surface area (Å²) in [6.07, 6.45) is 0. The number of aromatic nitrogens is 1. The summed E-state index contributed by atoms with van der Waals surface area (Å²) in [5.41, 5.74) is 4.62. The molecule has 0 unspecified atom stereocenters. The van der Waals surface area contributed by atoms with Gasteiger partial charge < -0.3 is 14.8 Å². The molecule has 2 aromatic carbocycles. The topological polar surface area (TPSA) is 46.6 Å². The number of anilines is 1. The number of hydrogen-bond donors (Lipinski definition) is 1. The van der Waals surface area contributed by atoms with Gasteiger partial charge in [0.15, 0.2) is 5.13 Å². The molecule has 2 heterocycles. The van der Waals surface area contributed by atoms with Crippen LogP contribution in [0.4, 0.5) is 5.13 Å². The van der Waals surface area contributed by atoms with E-state index in [1.165, 1.54) is 11.1 Å². The summed E-state index contributed by atoms with van der Waals surface area (Å²) in [5, 5.41) is 6.53. The summed E-state index contributed by atoms with van der Waals surface area (Å²) in [7, 11) is 1.71. The van der Waals surface area contributed by atoms with Crippen molar-refractivity contribution < 1.29 is 9.47 Å². The number of benzene rings is 2. The van der Waals surface area contributed by atoms with Crippen molar-refractivity contribution in [2.75, 3.05) is 38.7 Å². The monoisotopic (exact) mass is 395 g/mol. The van der Waals surface area contributed by atoms with Crippen LogP contribution in [0.2, 0.25) is 0 Å². The Labute approximate surface area is 169 Å². The molecule has 1 aromatic heterocycles. The summed E-state index contributed by atoms with van der Waals surface area (Å²) < 4.78 is 11.0. The van der Waals surface area contributed by atoms with Gasteiger partial charge in [-0.25, -0.2) is 4.98 Å². The molecule has 1 aliphatic heterocycles. The average Bonchev–Trinajstić information content (AvgIpc) is 3.20. The molecule has 0 bridgehead atoms. The van der Waals surface area contributed by atoms with Gasteiger partial charge >= 0.3 is 0 Å². The second-order valence-electron chi connectivity index (χ2n) is 6.78. The summed E-state index contributed by atoms with van der Waals surface area (Å²) >= 11 is 1.65. The molecule has 0 aliphatic carbocycles. The largest absolute Gasteiger partial charge is 0.496 e. The third-order valence-electron chi connectivity index (χ3n) is 4.86. The Hall–Kier alpha value is -2.41. The molecule has 1 saturated heterocycles. The molecular formula is C22H25N3O2S. The van der Waals surface area contributed by atoms with E-state index in [1.807, 2.05) is 12.1 Å². The zero-order valence-electron chi connectivity index (χ0n) is 16.1. The van der Waals surface area contributed by atoms with Gasteiger partial charge in [0.05, 0.1) is 26.0 Å². The first kappa shape index (κ1) is 18.9. The van der Waals surface area contributed by atoms with E-state index in [4.69, 9.17) is 14.5 Å². The number of methoxy groups -OCH3 is 1. The smallest absolute Gasteiger partial charge is 0.183 e. The molecule has 146 valence electrons. The van der Waals surface area contributed by atoms with Crippen molar-refractivity contribution in [1.82, 2.24) is 9.88 Å². The number of nitrogens with zero attached hydrogens (tertiary/aromatic N) is 2. The molecule has 1 N–H and O–H groups in total. The van der Waals surface area contributed by atoms with E-state index < -0.39 is 0 Å². The third kappa shape index (κ3) is 4.70. The standard InChI is InChI=1S/C22H25N3O2S/c1-26-21-8-7-18(17-5-3-2-4-6-17)13-19(21)14-23-22-24-20(16-28-22)15-25-9-11-27-12-10-25/h2-8,13,16H,9-12,14-15H2,1H3,(H,23,24). The molecule has 0 amide bonds.